The van der Waals surface area contributed by atoms with E-state index in [0.717, 1.165) is 29.9 Å². The van der Waals surface area contributed by atoms with Crippen molar-refractivity contribution >= 4 is 22.9 Å². The van der Waals surface area contributed by atoms with Crippen molar-refractivity contribution in [3.05, 3.63) is 21.3 Å². The first-order valence-electron chi connectivity index (χ1n) is 5.79. The number of thiophene rings is 1. The fraction of sp³-hybridized carbons (Fsp3) is 0.667. The van der Waals surface area contributed by atoms with Crippen LogP contribution in [0.1, 0.15) is 17.7 Å². The Morgan fingerprint density at radius 1 is 1.50 bits per heavy atom. The second-order valence-corrected chi connectivity index (χ2v) is 6.05. The highest BCUT2D eigenvalue weighted by molar-refractivity contribution is 7.16. The van der Waals surface area contributed by atoms with E-state index >= 15 is 0 Å². The second kappa shape index (κ2) is 6.01. The van der Waals surface area contributed by atoms with Crippen LogP contribution in [0.3, 0.4) is 0 Å². The fourth-order valence-corrected chi connectivity index (χ4v) is 3.45. The molecule has 0 bridgehead atoms. The SMILES string of the molecule is CNC(Cc1ccc(Cl)s1)C1CCOCC1. The first-order valence-corrected chi connectivity index (χ1v) is 6.98. The van der Waals surface area contributed by atoms with Gasteiger partial charge >= 0.3 is 0 Å². The quantitative estimate of drug-likeness (QED) is 0.898. The van der Waals surface area contributed by atoms with Crippen LogP contribution in [-0.4, -0.2) is 26.3 Å². The molecule has 4 heteroatoms. The number of hydrogen-bond donors (Lipinski definition) is 1. The summed E-state index contributed by atoms with van der Waals surface area (Å²) in [4.78, 5) is 1.37. The van der Waals surface area contributed by atoms with Crippen LogP contribution in [0, 0.1) is 5.92 Å². The number of ether oxygens (including phenoxy) is 1. The molecule has 1 saturated heterocycles. The van der Waals surface area contributed by atoms with Gasteiger partial charge in [0.25, 0.3) is 0 Å². The van der Waals surface area contributed by atoms with Gasteiger partial charge in [0.05, 0.1) is 4.34 Å². The minimum atomic E-state index is 0.554. The van der Waals surface area contributed by atoms with E-state index in [1.54, 1.807) is 11.3 Å². The van der Waals surface area contributed by atoms with Gasteiger partial charge in [0, 0.05) is 24.1 Å². The van der Waals surface area contributed by atoms with Crippen LogP contribution in [-0.2, 0) is 11.2 Å². The summed E-state index contributed by atoms with van der Waals surface area (Å²) < 4.78 is 6.29. The zero-order valence-corrected chi connectivity index (χ0v) is 11.1. The third kappa shape index (κ3) is 3.20. The molecule has 0 aliphatic carbocycles. The minimum Gasteiger partial charge on any atom is -0.381 e. The molecule has 0 saturated carbocycles. The number of hydrogen-bond acceptors (Lipinski definition) is 3. The van der Waals surface area contributed by atoms with E-state index in [1.165, 1.54) is 17.7 Å². The summed E-state index contributed by atoms with van der Waals surface area (Å²) in [5.74, 6) is 0.736. The van der Waals surface area contributed by atoms with E-state index in [4.69, 9.17) is 16.3 Å². The molecule has 1 aromatic rings. The minimum absolute atomic E-state index is 0.554. The van der Waals surface area contributed by atoms with Gasteiger partial charge in [0.15, 0.2) is 0 Å². The summed E-state index contributed by atoms with van der Waals surface area (Å²) in [7, 11) is 2.05. The lowest BCUT2D eigenvalue weighted by Gasteiger charge is -2.29. The first kappa shape index (κ1) is 12.4. The van der Waals surface area contributed by atoms with Gasteiger partial charge in [0.2, 0.25) is 0 Å². The monoisotopic (exact) mass is 259 g/mol. The Labute approximate surface area is 106 Å². The van der Waals surface area contributed by atoms with Crippen LogP contribution in [0.15, 0.2) is 12.1 Å². The summed E-state index contributed by atoms with van der Waals surface area (Å²) in [6.07, 6.45) is 3.42. The molecule has 0 spiro atoms. The summed E-state index contributed by atoms with van der Waals surface area (Å²) in [6, 6.07) is 4.67. The molecule has 1 aromatic heterocycles. The Bertz CT molecular complexity index is 323. The lowest BCUT2D eigenvalue weighted by Crippen LogP contribution is -2.38. The van der Waals surface area contributed by atoms with Crippen molar-refractivity contribution in [2.45, 2.75) is 25.3 Å². The molecule has 0 amide bonds. The molecule has 1 aliphatic rings. The number of rotatable bonds is 4. The molecule has 0 radical (unpaired) electrons. The van der Waals surface area contributed by atoms with Crippen molar-refractivity contribution in [1.29, 1.82) is 0 Å². The van der Waals surface area contributed by atoms with Gasteiger partial charge in [-0.25, -0.2) is 0 Å². The molecule has 2 rings (SSSR count). The lowest BCUT2D eigenvalue weighted by atomic mass is 9.89. The maximum absolute atomic E-state index is 5.95. The molecule has 1 N–H and O–H groups in total. The molecule has 0 aromatic carbocycles. The van der Waals surface area contributed by atoms with Crippen molar-refractivity contribution in [2.75, 3.05) is 20.3 Å². The number of nitrogens with one attached hydrogen (secondary N) is 1. The Morgan fingerprint density at radius 2 is 2.25 bits per heavy atom. The Balaban J connectivity index is 1.94. The van der Waals surface area contributed by atoms with Crippen LogP contribution in [0.5, 0.6) is 0 Å². The van der Waals surface area contributed by atoms with Gasteiger partial charge < -0.3 is 10.1 Å². The van der Waals surface area contributed by atoms with Crippen molar-refractivity contribution in [3.8, 4) is 0 Å². The molecule has 16 heavy (non-hydrogen) atoms. The van der Waals surface area contributed by atoms with Crippen LogP contribution >= 0.6 is 22.9 Å². The van der Waals surface area contributed by atoms with Crippen LogP contribution in [0.4, 0.5) is 0 Å². The van der Waals surface area contributed by atoms with Gasteiger partial charge in [0.1, 0.15) is 0 Å². The van der Waals surface area contributed by atoms with Gasteiger partial charge in [-0.3, -0.25) is 0 Å². The molecular weight excluding hydrogens is 242 g/mol. The topological polar surface area (TPSA) is 21.3 Å². The molecule has 1 unspecified atom stereocenters. The van der Waals surface area contributed by atoms with Crippen molar-refractivity contribution in [3.63, 3.8) is 0 Å². The molecule has 2 nitrogen and oxygen atoms in total. The Morgan fingerprint density at radius 3 is 2.81 bits per heavy atom. The molecule has 1 aliphatic heterocycles. The zero-order chi connectivity index (χ0) is 11.4. The van der Waals surface area contributed by atoms with Crippen molar-refractivity contribution in [2.24, 2.45) is 5.92 Å². The van der Waals surface area contributed by atoms with Crippen LogP contribution < -0.4 is 5.32 Å². The van der Waals surface area contributed by atoms with E-state index in [9.17, 15) is 0 Å². The first-order chi connectivity index (χ1) is 7.79. The second-order valence-electron chi connectivity index (χ2n) is 4.25. The van der Waals surface area contributed by atoms with E-state index < -0.39 is 0 Å². The van der Waals surface area contributed by atoms with E-state index in [1.807, 2.05) is 6.07 Å². The highest BCUT2D eigenvalue weighted by atomic mass is 35.5. The third-order valence-electron chi connectivity index (χ3n) is 3.26. The summed E-state index contributed by atoms with van der Waals surface area (Å²) in [5, 5.41) is 3.44. The highest BCUT2D eigenvalue weighted by Crippen LogP contribution is 2.26. The maximum atomic E-state index is 5.95. The van der Waals surface area contributed by atoms with E-state index in [-0.39, 0.29) is 0 Å². The Kier molecular flexibility index (Phi) is 4.65. The number of halogens is 1. The molecule has 1 fully saturated rings. The molecule has 2 heterocycles. The van der Waals surface area contributed by atoms with Gasteiger partial charge in [-0.15, -0.1) is 11.3 Å². The molecular formula is C12H18ClNOS. The summed E-state index contributed by atoms with van der Waals surface area (Å²) >= 11 is 7.64. The van der Waals surface area contributed by atoms with Crippen molar-refractivity contribution < 1.29 is 4.74 Å². The standard InChI is InChI=1S/C12H18ClNOS/c1-14-11(9-4-6-15-7-5-9)8-10-2-3-12(13)16-10/h2-3,9,11,14H,4-8H2,1H3. The van der Waals surface area contributed by atoms with Gasteiger partial charge in [-0.2, -0.15) is 0 Å². The maximum Gasteiger partial charge on any atom is 0.0931 e. The average Bonchev–Trinajstić information content (AvgIpc) is 2.73. The average molecular weight is 260 g/mol. The highest BCUT2D eigenvalue weighted by Gasteiger charge is 2.23. The normalized spacial score (nSPS) is 19.9. The van der Waals surface area contributed by atoms with E-state index in [2.05, 4.69) is 18.4 Å². The Hall–Kier alpha value is -0.0900. The number of likely N-dealkylation sites (N-methyl/N-ethyl adjacent to an activating group) is 1. The predicted octanol–water partition coefficient (Wildman–Crippen LogP) is 2.96. The van der Waals surface area contributed by atoms with E-state index in [0.29, 0.717) is 6.04 Å². The third-order valence-corrected chi connectivity index (χ3v) is 4.51. The zero-order valence-electron chi connectivity index (χ0n) is 9.54. The molecule has 90 valence electrons. The van der Waals surface area contributed by atoms with Crippen LogP contribution in [0.2, 0.25) is 4.34 Å². The largest absolute Gasteiger partial charge is 0.381 e. The summed E-state index contributed by atoms with van der Waals surface area (Å²) in [6.45, 7) is 1.82. The van der Waals surface area contributed by atoms with Crippen LogP contribution in [0.25, 0.3) is 0 Å². The smallest absolute Gasteiger partial charge is 0.0931 e. The summed E-state index contributed by atoms with van der Waals surface area (Å²) in [5.41, 5.74) is 0. The molecule has 1 atom stereocenters. The van der Waals surface area contributed by atoms with Gasteiger partial charge in [-0.1, -0.05) is 11.6 Å². The predicted molar refractivity (Wildman–Crippen MR) is 69.4 cm³/mol. The lowest BCUT2D eigenvalue weighted by molar-refractivity contribution is 0.0548. The van der Waals surface area contributed by atoms with Crippen molar-refractivity contribution in [1.82, 2.24) is 5.32 Å². The van der Waals surface area contributed by atoms with Gasteiger partial charge in [-0.05, 0) is 44.4 Å². The fourth-order valence-electron chi connectivity index (χ4n) is 2.30.